The van der Waals surface area contributed by atoms with Gasteiger partial charge >= 0.3 is 5.97 Å². The first-order valence-electron chi connectivity index (χ1n) is 9.98. The summed E-state index contributed by atoms with van der Waals surface area (Å²) in [7, 11) is 0. The van der Waals surface area contributed by atoms with Crippen molar-refractivity contribution in [3.05, 3.63) is 102 Å². The predicted octanol–water partition coefficient (Wildman–Crippen LogP) is 5.48. The zero-order valence-corrected chi connectivity index (χ0v) is 16.8. The lowest BCUT2D eigenvalue weighted by molar-refractivity contribution is -0.136. The summed E-state index contributed by atoms with van der Waals surface area (Å²) in [6.07, 6.45) is -0.161. The van der Waals surface area contributed by atoms with Crippen molar-refractivity contribution in [1.82, 2.24) is 0 Å². The van der Waals surface area contributed by atoms with Crippen LogP contribution in [0, 0.1) is 0 Å². The zero-order chi connectivity index (χ0) is 21.8. The van der Waals surface area contributed by atoms with Gasteiger partial charge in [-0.05, 0) is 57.3 Å². The monoisotopic (exact) mass is 426 g/mol. The van der Waals surface area contributed by atoms with Crippen molar-refractivity contribution in [2.75, 3.05) is 5.32 Å². The largest absolute Gasteiger partial charge is 0.481 e. The quantitative estimate of drug-likeness (QED) is 0.381. The van der Waals surface area contributed by atoms with E-state index in [1.54, 1.807) is 24.3 Å². The average molecular weight is 427 g/mol. The molecule has 0 unspecified atom stereocenters. The number of carboxylic acids is 1. The lowest BCUT2D eigenvalue weighted by Gasteiger charge is -2.13. The van der Waals surface area contributed by atoms with E-state index < -0.39 is 5.97 Å². The van der Waals surface area contributed by atoms with Crippen LogP contribution < -0.4 is 11.1 Å². The van der Waals surface area contributed by atoms with Gasteiger partial charge in [-0.25, -0.2) is 0 Å². The molecule has 5 heteroatoms. The Morgan fingerprint density at radius 2 is 1.62 bits per heavy atom. The van der Waals surface area contributed by atoms with Crippen molar-refractivity contribution >= 4 is 28.3 Å². The van der Waals surface area contributed by atoms with E-state index in [0.717, 1.165) is 27.5 Å². The summed E-state index contributed by atoms with van der Waals surface area (Å²) in [6.45, 7) is 0.437. The molecule has 0 saturated carbocycles. The number of carboxylic acid groups (broad SMARTS) is 1. The number of aliphatic carboxylic acids is 1. The second kappa shape index (κ2) is 9.90. The van der Waals surface area contributed by atoms with Crippen LogP contribution in [0.3, 0.4) is 0 Å². The van der Waals surface area contributed by atoms with Gasteiger partial charge in [-0.15, -0.1) is 0 Å². The first-order valence-corrected chi connectivity index (χ1v) is 9.98. The molecule has 4 rings (SSSR count). The van der Waals surface area contributed by atoms with Crippen LogP contribution >= 0.6 is 0 Å². The van der Waals surface area contributed by atoms with Crippen LogP contribution in [0.5, 0.6) is 0 Å². The number of hydrogen-bond donors (Lipinski definition) is 3. The fourth-order valence-electron chi connectivity index (χ4n) is 3.70. The molecule has 0 heterocycles. The van der Waals surface area contributed by atoms with Gasteiger partial charge in [0.25, 0.3) is 5.91 Å². The molecule has 162 valence electrons. The molecule has 1 amide bonds. The van der Waals surface area contributed by atoms with Crippen molar-refractivity contribution in [3.63, 3.8) is 0 Å². The van der Waals surface area contributed by atoms with E-state index in [0.29, 0.717) is 23.4 Å². The van der Waals surface area contributed by atoms with Crippen LogP contribution in [-0.4, -0.2) is 17.0 Å². The SMILES string of the molecule is C.NCc1cccc(-c2cc(C(=O)Nc3ccccc3CC(=O)O)cc3ccccc23)c1. The Morgan fingerprint density at radius 3 is 2.41 bits per heavy atom. The third-order valence-corrected chi connectivity index (χ3v) is 5.20. The Hall–Kier alpha value is -3.96. The van der Waals surface area contributed by atoms with E-state index in [9.17, 15) is 9.59 Å². The molecule has 0 fully saturated rings. The molecule has 32 heavy (non-hydrogen) atoms. The molecule has 0 aliphatic rings. The number of anilines is 1. The fraction of sp³-hybridized carbons (Fsp3) is 0.111. The molecule has 0 aliphatic heterocycles. The second-order valence-electron chi connectivity index (χ2n) is 7.33. The Balaban J connectivity index is 0.00000289. The molecule has 5 nitrogen and oxygen atoms in total. The minimum Gasteiger partial charge on any atom is -0.481 e. The number of carbonyl (C=O) groups is 2. The second-order valence-corrected chi connectivity index (χ2v) is 7.33. The number of para-hydroxylation sites is 1. The molecule has 0 bridgehead atoms. The maximum atomic E-state index is 13.1. The van der Waals surface area contributed by atoms with Crippen molar-refractivity contribution in [3.8, 4) is 11.1 Å². The molecular weight excluding hydrogens is 400 g/mol. The zero-order valence-electron chi connectivity index (χ0n) is 16.8. The van der Waals surface area contributed by atoms with Gasteiger partial charge in [-0.1, -0.05) is 68.1 Å². The Bertz CT molecular complexity index is 1280. The number of rotatable bonds is 6. The highest BCUT2D eigenvalue weighted by Crippen LogP contribution is 2.31. The Labute approximate surface area is 187 Å². The van der Waals surface area contributed by atoms with Gasteiger partial charge in [0.15, 0.2) is 0 Å². The highest BCUT2D eigenvalue weighted by molar-refractivity contribution is 6.10. The normalized spacial score (nSPS) is 10.4. The van der Waals surface area contributed by atoms with Gasteiger partial charge in [-0.3, -0.25) is 9.59 Å². The highest BCUT2D eigenvalue weighted by Gasteiger charge is 2.14. The summed E-state index contributed by atoms with van der Waals surface area (Å²) in [5.41, 5.74) is 10.3. The van der Waals surface area contributed by atoms with Crippen molar-refractivity contribution < 1.29 is 14.7 Å². The van der Waals surface area contributed by atoms with E-state index in [1.807, 2.05) is 60.7 Å². The molecular formula is C27H26N2O3. The van der Waals surface area contributed by atoms with Crippen LogP contribution in [-0.2, 0) is 17.8 Å². The first kappa shape index (κ1) is 22.7. The van der Waals surface area contributed by atoms with Crippen LogP contribution in [0.25, 0.3) is 21.9 Å². The van der Waals surface area contributed by atoms with E-state index in [2.05, 4.69) is 5.32 Å². The molecule has 0 spiro atoms. The number of nitrogens with two attached hydrogens (primary N) is 1. The topological polar surface area (TPSA) is 92.4 Å². The maximum absolute atomic E-state index is 13.1. The van der Waals surface area contributed by atoms with Crippen LogP contribution in [0.15, 0.2) is 84.9 Å². The molecule has 0 radical (unpaired) electrons. The predicted molar refractivity (Wildman–Crippen MR) is 130 cm³/mol. The van der Waals surface area contributed by atoms with Gasteiger partial charge < -0.3 is 16.2 Å². The van der Waals surface area contributed by atoms with E-state index >= 15 is 0 Å². The van der Waals surface area contributed by atoms with Crippen molar-refractivity contribution in [2.24, 2.45) is 5.73 Å². The van der Waals surface area contributed by atoms with Crippen LogP contribution in [0.2, 0.25) is 0 Å². The Kier molecular flexibility index (Phi) is 7.03. The summed E-state index contributed by atoms with van der Waals surface area (Å²) < 4.78 is 0. The molecule has 4 aromatic carbocycles. The van der Waals surface area contributed by atoms with Gasteiger partial charge in [0.2, 0.25) is 0 Å². The number of carbonyl (C=O) groups excluding carboxylic acids is 1. The fourth-order valence-corrected chi connectivity index (χ4v) is 3.70. The van der Waals surface area contributed by atoms with E-state index in [1.165, 1.54) is 0 Å². The van der Waals surface area contributed by atoms with Crippen LogP contribution in [0.4, 0.5) is 5.69 Å². The molecule has 0 aliphatic carbocycles. The standard InChI is InChI=1S/C26H22N2O3.CH4/c27-16-17-6-5-9-18(12-17)23-14-21(13-19-7-1-3-10-22(19)23)26(31)28-24-11-4-2-8-20(24)15-25(29)30;/h1-14H,15-16,27H2,(H,28,31)(H,29,30);1H4. The molecule has 4 aromatic rings. The smallest absolute Gasteiger partial charge is 0.307 e. The molecule has 4 N–H and O–H groups in total. The lowest BCUT2D eigenvalue weighted by atomic mass is 9.94. The summed E-state index contributed by atoms with van der Waals surface area (Å²) in [5, 5.41) is 14.0. The molecule has 0 saturated heterocycles. The highest BCUT2D eigenvalue weighted by atomic mass is 16.4. The third kappa shape index (κ3) is 4.85. The number of nitrogens with one attached hydrogen (secondary N) is 1. The minimum absolute atomic E-state index is 0. The van der Waals surface area contributed by atoms with Gasteiger partial charge in [0, 0.05) is 17.8 Å². The van der Waals surface area contributed by atoms with E-state index in [4.69, 9.17) is 10.8 Å². The maximum Gasteiger partial charge on any atom is 0.307 e. The number of fused-ring (bicyclic) bond motifs is 1. The number of amides is 1. The van der Waals surface area contributed by atoms with Gasteiger partial charge in [-0.2, -0.15) is 0 Å². The van der Waals surface area contributed by atoms with E-state index in [-0.39, 0.29) is 19.8 Å². The Morgan fingerprint density at radius 1 is 0.875 bits per heavy atom. The third-order valence-electron chi connectivity index (χ3n) is 5.20. The molecule has 0 atom stereocenters. The lowest BCUT2D eigenvalue weighted by Crippen LogP contribution is -2.14. The number of benzene rings is 4. The van der Waals surface area contributed by atoms with Crippen molar-refractivity contribution in [2.45, 2.75) is 20.4 Å². The van der Waals surface area contributed by atoms with Crippen molar-refractivity contribution in [1.29, 1.82) is 0 Å². The average Bonchev–Trinajstić information content (AvgIpc) is 2.79. The minimum atomic E-state index is -0.950. The van der Waals surface area contributed by atoms with Crippen LogP contribution in [0.1, 0.15) is 28.9 Å². The van der Waals surface area contributed by atoms with Gasteiger partial charge in [0.1, 0.15) is 0 Å². The summed E-state index contributed by atoms with van der Waals surface area (Å²) >= 11 is 0. The number of hydrogen-bond acceptors (Lipinski definition) is 3. The summed E-state index contributed by atoms with van der Waals surface area (Å²) in [5.74, 6) is -1.24. The van der Waals surface area contributed by atoms with Gasteiger partial charge in [0.05, 0.1) is 6.42 Å². The summed E-state index contributed by atoms with van der Waals surface area (Å²) in [6, 6.07) is 26.5. The first-order chi connectivity index (χ1) is 15.0. The summed E-state index contributed by atoms with van der Waals surface area (Å²) in [4.78, 5) is 24.3. The molecule has 0 aromatic heterocycles.